The summed E-state index contributed by atoms with van der Waals surface area (Å²) < 4.78 is 40.6. The molecule has 0 radical (unpaired) electrons. The molecule has 2 nitrogen and oxygen atoms in total. The van der Waals surface area contributed by atoms with Crippen LogP contribution in [0.3, 0.4) is 0 Å². The predicted molar refractivity (Wildman–Crippen MR) is 75.2 cm³/mol. The molecule has 0 heterocycles. The lowest BCUT2D eigenvalue weighted by molar-refractivity contribution is -0.274. The minimum atomic E-state index is -4.74. The summed E-state index contributed by atoms with van der Waals surface area (Å²) in [6.07, 6.45) is -4.27. The van der Waals surface area contributed by atoms with Crippen molar-refractivity contribution in [1.82, 2.24) is 0 Å². The van der Waals surface area contributed by atoms with Gasteiger partial charge in [0.05, 0.1) is 0 Å². The van der Waals surface area contributed by atoms with Gasteiger partial charge in [-0.15, -0.1) is 13.2 Å². The van der Waals surface area contributed by atoms with Crippen molar-refractivity contribution < 1.29 is 17.9 Å². The van der Waals surface area contributed by atoms with Gasteiger partial charge in [-0.3, -0.25) is 0 Å². The average molecular weight is 316 g/mol. The zero-order chi connectivity index (χ0) is 15.5. The van der Waals surface area contributed by atoms with Crippen molar-refractivity contribution in [2.24, 2.45) is 5.73 Å². The van der Waals surface area contributed by atoms with Gasteiger partial charge in [-0.1, -0.05) is 41.9 Å². The number of hydrogen-bond donors (Lipinski definition) is 1. The molecule has 0 saturated carbocycles. The smallest absolute Gasteiger partial charge is 0.406 e. The van der Waals surface area contributed by atoms with Crippen LogP contribution in [0.1, 0.15) is 17.2 Å². The van der Waals surface area contributed by atoms with E-state index in [9.17, 15) is 13.2 Å². The molecule has 112 valence electrons. The highest BCUT2D eigenvalue weighted by Gasteiger charge is 2.31. The first kappa shape index (κ1) is 15.7. The third-order valence-corrected chi connectivity index (χ3v) is 3.24. The Morgan fingerprint density at radius 1 is 1.10 bits per heavy atom. The van der Waals surface area contributed by atoms with Gasteiger partial charge in [0.2, 0.25) is 0 Å². The molecule has 0 aliphatic heterocycles. The van der Waals surface area contributed by atoms with Gasteiger partial charge < -0.3 is 10.5 Å². The Hall–Kier alpha value is -1.72. The van der Waals surface area contributed by atoms with Gasteiger partial charge >= 0.3 is 6.36 Å². The molecule has 0 saturated heterocycles. The normalized spacial score (nSPS) is 13.0. The second-order valence-electron chi connectivity index (χ2n) is 4.53. The summed E-state index contributed by atoms with van der Waals surface area (Å²) in [7, 11) is 0. The summed E-state index contributed by atoms with van der Waals surface area (Å²) in [4.78, 5) is 0. The van der Waals surface area contributed by atoms with E-state index >= 15 is 0 Å². The average Bonchev–Trinajstić information content (AvgIpc) is 2.40. The Kier molecular flexibility index (Phi) is 4.75. The molecular weight excluding hydrogens is 303 g/mol. The van der Waals surface area contributed by atoms with E-state index < -0.39 is 12.4 Å². The number of hydrogen-bond acceptors (Lipinski definition) is 2. The second-order valence-corrected chi connectivity index (χ2v) is 4.93. The minimum Gasteiger partial charge on any atom is -0.406 e. The van der Waals surface area contributed by atoms with Crippen molar-refractivity contribution in [2.45, 2.75) is 18.8 Å². The monoisotopic (exact) mass is 315 g/mol. The lowest BCUT2D eigenvalue weighted by Gasteiger charge is -2.16. The van der Waals surface area contributed by atoms with E-state index in [0.717, 1.165) is 11.6 Å². The maximum atomic E-state index is 12.2. The van der Waals surface area contributed by atoms with Gasteiger partial charge in [0.1, 0.15) is 5.75 Å². The Labute approximate surface area is 125 Å². The highest BCUT2D eigenvalue weighted by molar-refractivity contribution is 6.31. The van der Waals surface area contributed by atoms with E-state index in [-0.39, 0.29) is 5.75 Å². The number of rotatable bonds is 4. The summed E-state index contributed by atoms with van der Waals surface area (Å²) in [6, 6.07) is 12.6. The molecule has 0 amide bonds. The summed E-state index contributed by atoms with van der Waals surface area (Å²) in [5.41, 5.74) is 7.43. The van der Waals surface area contributed by atoms with Gasteiger partial charge in [-0.05, 0) is 35.7 Å². The van der Waals surface area contributed by atoms with Crippen molar-refractivity contribution in [3.8, 4) is 5.75 Å². The zero-order valence-corrected chi connectivity index (χ0v) is 11.7. The first-order valence-corrected chi connectivity index (χ1v) is 6.57. The van der Waals surface area contributed by atoms with Gasteiger partial charge in [0.25, 0.3) is 0 Å². The van der Waals surface area contributed by atoms with Crippen LogP contribution in [-0.2, 0) is 6.42 Å². The zero-order valence-electron chi connectivity index (χ0n) is 10.9. The van der Waals surface area contributed by atoms with E-state index in [1.54, 1.807) is 0 Å². The Morgan fingerprint density at radius 2 is 1.76 bits per heavy atom. The molecule has 0 aliphatic carbocycles. The van der Waals surface area contributed by atoms with Crippen molar-refractivity contribution in [1.29, 1.82) is 0 Å². The summed E-state index contributed by atoms with van der Waals surface area (Å²) in [5, 5.41) is 0.313. The maximum Gasteiger partial charge on any atom is 0.573 e. The molecule has 2 aromatic carbocycles. The molecular formula is C15H13ClF3NO. The first-order chi connectivity index (χ1) is 9.85. The number of ether oxygens (including phenoxy) is 1. The number of halogens is 4. The molecule has 2 N–H and O–H groups in total. The number of benzene rings is 2. The van der Waals surface area contributed by atoms with Gasteiger partial charge in [-0.2, -0.15) is 0 Å². The molecule has 2 rings (SSSR count). The highest BCUT2D eigenvalue weighted by Crippen LogP contribution is 2.31. The van der Waals surface area contributed by atoms with E-state index in [0.29, 0.717) is 17.0 Å². The Morgan fingerprint density at radius 3 is 2.38 bits per heavy atom. The van der Waals surface area contributed by atoms with Crippen molar-refractivity contribution >= 4 is 11.6 Å². The quantitative estimate of drug-likeness (QED) is 0.902. The molecule has 0 bridgehead atoms. The molecule has 0 aliphatic rings. The summed E-state index contributed by atoms with van der Waals surface area (Å²) in [6.45, 7) is 0. The minimum absolute atomic E-state index is 0.313. The van der Waals surface area contributed by atoms with Crippen LogP contribution in [0, 0.1) is 0 Å². The van der Waals surface area contributed by atoms with Crippen molar-refractivity contribution in [3.05, 3.63) is 64.7 Å². The lowest BCUT2D eigenvalue weighted by Crippen LogP contribution is -2.18. The van der Waals surface area contributed by atoms with Crippen molar-refractivity contribution in [3.63, 3.8) is 0 Å². The Bertz CT molecular complexity index is 602. The first-order valence-electron chi connectivity index (χ1n) is 6.20. The predicted octanol–water partition coefficient (Wildman–Crippen LogP) is 4.48. The van der Waals surface area contributed by atoms with Gasteiger partial charge in [-0.25, -0.2) is 0 Å². The molecule has 6 heteroatoms. The molecule has 21 heavy (non-hydrogen) atoms. The third-order valence-electron chi connectivity index (χ3n) is 2.90. The molecule has 1 unspecified atom stereocenters. The van der Waals surface area contributed by atoms with Crippen LogP contribution in [0.5, 0.6) is 5.75 Å². The summed E-state index contributed by atoms with van der Waals surface area (Å²) in [5.74, 6) is -0.328. The third kappa shape index (κ3) is 4.65. The number of nitrogens with two attached hydrogens (primary N) is 1. The summed E-state index contributed by atoms with van der Waals surface area (Å²) >= 11 is 6.01. The molecule has 0 spiro atoms. The largest absolute Gasteiger partial charge is 0.573 e. The molecule has 1 atom stereocenters. The number of alkyl halides is 3. The Balaban J connectivity index is 2.20. The van der Waals surface area contributed by atoms with Crippen LogP contribution in [0.4, 0.5) is 13.2 Å². The second kappa shape index (κ2) is 6.37. The van der Waals surface area contributed by atoms with Crippen LogP contribution in [-0.4, -0.2) is 6.36 Å². The van der Waals surface area contributed by atoms with E-state index in [2.05, 4.69) is 4.74 Å². The van der Waals surface area contributed by atoms with Crippen molar-refractivity contribution in [2.75, 3.05) is 0 Å². The highest BCUT2D eigenvalue weighted by atomic mass is 35.5. The SMILES string of the molecule is NC(Cc1ccccc1)c1cc(OC(F)(F)F)ccc1Cl. The fraction of sp³-hybridized carbons (Fsp3) is 0.200. The van der Waals surface area contributed by atoms with Gasteiger partial charge in [0, 0.05) is 11.1 Å². The maximum absolute atomic E-state index is 12.2. The standard InChI is InChI=1S/C15H13ClF3NO/c16-13-7-6-11(21-15(17,18)19)9-12(13)14(20)8-10-4-2-1-3-5-10/h1-7,9,14H,8,20H2. The van der Waals surface area contributed by atoms with E-state index in [1.807, 2.05) is 30.3 Å². The fourth-order valence-corrected chi connectivity index (χ4v) is 2.24. The topological polar surface area (TPSA) is 35.2 Å². The molecule has 0 aromatic heterocycles. The van der Waals surface area contributed by atoms with Crippen LogP contribution in [0.25, 0.3) is 0 Å². The molecule has 2 aromatic rings. The lowest BCUT2D eigenvalue weighted by atomic mass is 9.99. The van der Waals surface area contributed by atoms with Gasteiger partial charge in [0.15, 0.2) is 0 Å². The fourth-order valence-electron chi connectivity index (χ4n) is 1.98. The van der Waals surface area contributed by atoms with Crippen LogP contribution >= 0.6 is 11.6 Å². The van der Waals surface area contributed by atoms with Crippen LogP contribution < -0.4 is 10.5 Å². The molecule has 0 fully saturated rings. The van der Waals surface area contributed by atoms with Crippen LogP contribution in [0.15, 0.2) is 48.5 Å². The van der Waals surface area contributed by atoms with E-state index in [1.165, 1.54) is 12.1 Å². The van der Waals surface area contributed by atoms with Crippen LogP contribution in [0.2, 0.25) is 5.02 Å². The van der Waals surface area contributed by atoms with E-state index in [4.69, 9.17) is 17.3 Å².